The zero-order valence-corrected chi connectivity index (χ0v) is 10.4. The zero-order chi connectivity index (χ0) is 12.1. The van der Waals surface area contributed by atoms with Crippen LogP contribution in [0.25, 0.3) is 0 Å². The van der Waals surface area contributed by atoms with Gasteiger partial charge in [-0.25, -0.2) is 0 Å². The molecule has 0 saturated carbocycles. The quantitative estimate of drug-likeness (QED) is 0.843. The van der Waals surface area contributed by atoms with Crippen molar-refractivity contribution >= 4 is 0 Å². The highest BCUT2D eigenvalue weighted by molar-refractivity contribution is 5.25. The number of nitrogens with one attached hydrogen (secondary N) is 1. The summed E-state index contributed by atoms with van der Waals surface area (Å²) in [6.07, 6.45) is 2.76. The van der Waals surface area contributed by atoms with E-state index < -0.39 is 0 Å². The van der Waals surface area contributed by atoms with Gasteiger partial charge in [0.15, 0.2) is 0 Å². The predicted octanol–water partition coefficient (Wildman–Crippen LogP) is 3.83. The van der Waals surface area contributed by atoms with Gasteiger partial charge in [0.25, 0.3) is 0 Å². The third kappa shape index (κ3) is 2.98. The Morgan fingerprint density at radius 3 is 2.65 bits per heavy atom. The topological polar surface area (TPSA) is 25.2 Å². The molecule has 17 heavy (non-hydrogen) atoms. The van der Waals surface area contributed by atoms with Crippen molar-refractivity contribution in [3.63, 3.8) is 0 Å². The van der Waals surface area contributed by atoms with Crippen molar-refractivity contribution in [2.24, 2.45) is 0 Å². The number of hydrogen-bond acceptors (Lipinski definition) is 2. The van der Waals surface area contributed by atoms with E-state index >= 15 is 0 Å². The van der Waals surface area contributed by atoms with Crippen LogP contribution in [0.4, 0.5) is 0 Å². The van der Waals surface area contributed by atoms with E-state index in [0.717, 1.165) is 18.7 Å². The average Bonchev–Trinajstić information content (AvgIpc) is 2.86. The third-order valence-corrected chi connectivity index (χ3v) is 3.10. The fourth-order valence-electron chi connectivity index (χ4n) is 1.98. The Labute approximate surface area is 103 Å². The minimum atomic E-state index is 0.296. The molecule has 1 heterocycles. The molecule has 0 aliphatic heterocycles. The molecule has 0 fully saturated rings. The Morgan fingerprint density at radius 2 is 2.00 bits per heavy atom. The number of furan rings is 1. The van der Waals surface area contributed by atoms with E-state index in [1.54, 1.807) is 6.26 Å². The maximum atomic E-state index is 5.44. The molecule has 2 aromatic rings. The Morgan fingerprint density at radius 1 is 1.18 bits per heavy atom. The fourth-order valence-corrected chi connectivity index (χ4v) is 1.98. The van der Waals surface area contributed by atoms with Crippen LogP contribution in [-0.2, 0) is 6.54 Å². The molecular weight excluding hydrogens is 210 g/mol. The summed E-state index contributed by atoms with van der Waals surface area (Å²) in [7, 11) is 0. The highest BCUT2D eigenvalue weighted by atomic mass is 16.3. The molecule has 2 heteroatoms. The van der Waals surface area contributed by atoms with Crippen LogP contribution in [-0.4, -0.2) is 0 Å². The SMILES string of the molecule is CCC(NCc1ccccc1C)c1ccco1. The van der Waals surface area contributed by atoms with E-state index in [0.29, 0.717) is 6.04 Å². The van der Waals surface area contributed by atoms with E-state index in [4.69, 9.17) is 4.42 Å². The summed E-state index contributed by atoms with van der Waals surface area (Å²) in [6.45, 7) is 5.19. The van der Waals surface area contributed by atoms with Crippen LogP contribution in [0.15, 0.2) is 47.1 Å². The lowest BCUT2D eigenvalue weighted by Crippen LogP contribution is -2.20. The van der Waals surface area contributed by atoms with Gasteiger partial charge >= 0.3 is 0 Å². The van der Waals surface area contributed by atoms with E-state index in [1.165, 1.54) is 11.1 Å². The minimum Gasteiger partial charge on any atom is -0.468 e. The van der Waals surface area contributed by atoms with Crippen molar-refractivity contribution in [3.8, 4) is 0 Å². The van der Waals surface area contributed by atoms with Gasteiger partial charge in [0, 0.05) is 6.54 Å². The molecule has 0 radical (unpaired) electrons. The van der Waals surface area contributed by atoms with Crippen molar-refractivity contribution in [1.82, 2.24) is 5.32 Å². The van der Waals surface area contributed by atoms with Crippen LogP contribution in [0.5, 0.6) is 0 Å². The Hall–Kier alpha value is -1.54. The van der Waals surface area contributed by atoms with Gasteiger partial charge in [-0.1, -0.05) is 31.2 Å². The molecule has 0 saturated heterocycles. The molecule has 2 rings (SSSR count). The molecule has 0 aliphatic carbocycles. The van der Waals surface area contributed by atoms with E-state index in [2.05, 4.69) is 43.4 Å². The molecule has 1 atom stereocenters. The van der Waals surface area contributed by atoms with Crippen molar-refractivity contribution in [2.75, 3.05) is 0 Å². The summed E-state index contributed by atoms with van der Waals surface area (Å²) >= 11 is 0. The molecule has 0 amide bonds. The van der Waals surface area contributed by atoms with E-state index in [1.807, 2.05) is 12.1 Å². The van der Waals surface area contributed by atoms with Crippen LogP contribution in [0.1, 0.15) is 36.3 Å². The monoisotopic (exact) mass is 229 g/mol. The molecule has 2 nitrogen and oxygen atoms in total. The van der Waals surface area contributed by atoms with Gasteiger partial charge < -0.3 is 9.73 Å². The fraction of sp³-hybridized carbons (Fsp3) is 0.333. The van der Waals surface area contributed by atoms with Gasteiger partial charge in [-0.3, -0.25) is 0 Å². The average molecular weight is 229 g/mol. The number of hydrogen-bond donors (Lipinski definition) is 1. The lowest BCUT2D eigenvalue weighted by molar-refractivity contribution is 0.403. The summed E-state index contributed by atoms with van der Waals surface area (Å²) in [5.74, 6) is 1.01. The molecule has 1 aromatic carbocycles. The summed E-state index contributed by atoms with van der Waals surface area (Å²) in [4.78, 5) is 0. The molecule has 1 unspecified atom stereocenters. The maximum absolute atomic E-state index is 5.44. The molecule has 0 aliphatic rings. The van der Waals surface area contributed by atoms with Gasteiger partial charge in [0.1, 0.15) is 5.76 Å². The van der Waals surface area contributed by atoms with Crippen molar-refractivity contribution in [3.05, 3.63) is 59.5 Å². The van der Waals surface area contributed by atoms with Crippen LogP contribution in [0.2, 0.25) is 0 Å². The number of rotatable bonds is 5. The highest BCUT2D eigenvalue weighted by Gasteiger charge is 2.11. The van der Waals surface area contributed by atoms with Gasteiger partial charge in [-0.15, -0.1) is 0 Å². The molecule has 0 bridgehead atoms. The number of benzene rings is 1. The molecule has 90 valence electrons. The Kier molecular flexibility index (Phi) is 3.99. The van der Waals surface area contributed by atoms with Crippen molar-refractivity contribution in [2.45, 2.75) is 32.9 Å². The first kappa shape index (κ1) is 11.9. The van der Waals surface area contributed by atoms with Crippen molar-refractivity contribution in [1.29, 1.82) is 0 Å². The van der Waals surface area contributed by atoms with Crippen LogP contribution >= 0.6 is 0 Å². The van der Waals surface area contributed by atoms with Gasteiger partial charge in [0.2, 0.25) is 0 Å². The number of aryl methyl sites for hydroxylation is 1. The third-order valence-electron chi connectivity index (χ3n) is 3.10. The minimum absolute atomic E-state index is 0.296. The Balaban J connectivity index is 2.00. The first-order valence-corrected chi connectivity index (χ1v) is 6.12. The zero-order valence-electron chi connectivity index (χ0n) is 10.4. The molecule has 0 spiro atoms. The summed E-state index contributed by atoms with van der Waals surface area (Å²) in [5, 5.41) is 3.54. The van der Waals surface area contributed by atoms with Crippen LogP contribution < -0.4 is 5.32 Å². The molecule has 1 N–H and O–H groups in total. The van der Waals surface area contributed by atoms with E-state index in [-0.39, 0.29) is 0 Å². The smallest absolute Gasteiger partial charge is 0.120 e. The van der Waals surface area contributed by atoms with Gasteiger partial charge in [-0.2, -0.15) is 0 Å². The molecular formula is C15H19NO. The lowest BCUT2D eigenvalue weighted by Gasteiger charge is -2.15. The largest absolute Gasteiger partial charge is 0.468 e. The second-order valence-electron chi connectivity index (χ2n) is 4.28. The summed E-state index contributed by atoms with van der Waals surface area (Å²) in [6, 6.07) is 12.7. The Bertz CT molecular complexity index is 448. The highest BCUT2D eigenvalue weighted by Crippen LogP contribution is 2.18. The molecule has 1 aromatic heterocycles. The van der Waals surface area contributed by atoms with Crippen LogP contribution in [0, 0.1) is 6.92 Å². The summed E-state index contributed by atoms with van der Waals surface area (Å²) < 4.78 is 5.44. The standard InChI is InChI=1S/C15H19NO/c1-3-14(15-9-6-10-17-15)16-11-13-8-5-4-7-12(13)2/h4-10,14,16H,3,11H2,1-2H3. The van der Waals surface area contributed by atoms with E-state index in [9.17, 15) is 0 Å². The maximum Gasteiger partial charge on any atom is 0.120 e. The first-order chi connectivity index (χ1) is 8.31. The normalized spacial score (nSPS) is 12.6. The first-order valence-electron chi connectivity index (χ1n) is 6.12. The predicted molar refractivity (Wildman–Crippen MR) is 69.8 cm³/mol. The second-order valence-corrected chi connectivity index (χ2v) is 4.28. The second kappa shape index (κ2) is 5.69. The summed E-state index contributed by atoms with van der Waals surface area (Å²) in [5.41, 5.74) is 2.67. The van der Waals surface area contributed by atoms with Gasteiger partial charge in [0.05, 0.1) is 12.3 Å². The van der Waals surface area contributed by atoms with Gasteiger partial charge in [-0.05, 0) is 36.6 Å². The van der Waals surface area contributed by atoms with Crippen LogP contribution in [0.3, 0.4) is 0 Å². The van der Waals surface area contributed by atoms with Crippen molar-refractivity contribution < 1.29 is 4.42 Å². The lowest BCUT2D eigenvalue weighted by atomic mass is 10.1.